The SMILES string of the molecule is Cc1ccc(Cc2ncn(C)c2Br)cc1. The largest absolute Gasteiger partial charge is 0.328 e. The van der Waals surface area contributed by atoms with E-state index in [0.29, 0.717) is 0 Å². The summed E-state index contributed by atoms with van der Waals surface area (Å²) < 4.78 is 3.03. The Labute approximate surface area is 98.1 Å². The third-order valence-electron chi connectivity index (χ3n) is 2.43. The molecule has 0 aliphatic heterocycles. The zero-order valence-corrected chi connectivity index (χ0v) is 10.5. The van der Waals surface area contributed by atoms with Crippen LogP contribution in [-0.4, -0.2) is 9.55 Å². The third kappa shape index (κ3) is 2.29. The van der Waals surface area contributed by atoms with Gasteiger partial charge in [-0.05, 0) is 28.4 Å². The molecule has 0 fully saturated rings. The van der Waals surface area contributed by atoms with Crippen LogP contribution in [0.1, 0.15) is 16.8 Å². The van der Waals surface area contributed by atoms with Crippen molar-refractivity contribution >= 4 is 15.9 Å². The van der Waals surface area contributed by atoms with Gasteiger partial charge >= 0.3 is 0 Å². The summed E-state index contributed by atoms with van der Waals surface area (Å²) in [6.45, 7) is 2.10. The quantitative estimate of drug-likeness (QED) is 0.815. The molecular weight excluding hydrogens is 252 g/mol. The lowest BCUT2D eigenvalue weighted by atomic mass is 10.1. The van der Waals surface area contributed by atoms with E-state index in [1.165, 1.54) is 11.1 Å². The fourth-order valence-corrected chi connectivity index (χ4v) is 1.82. The van der Waals surface area contributed by atoms with Gasteiger partial charge in [-0.25, -0.2) is 4.98 Å². The van der Waals surface area contributed by atoms with Gasteiger partial charge in [0.05, 0.1) is 12.0 Å². The maximum absolute atomic E-state index is 4.35. The number of aryl methyl sites for hydroxylation is 2. The average molecular weight is 265 g/mol. The van der Waals surface area contributed by atoms with E-state index in [2.05, 4.69) is 52.1 Å². The summed E-state index contributed by atoms with van der Waals surface area (Å²) in [4.78, 5) is 4.35. The van der Waals surface area contributed by atoms with E-state index in [4.69, 9.17) is 0 Å². The minimum Gasteiger partial charge on any atom is -0.328 e. The molecule has 2 nitrogen and oxygen atoms in total. The number of benzene rings is 1. The average Bonchev–Trinajstić information content (AvgIpc) is 2.53. The molecule has 0 saturated carbocycles. The highest BCUT2D eigenvalue weighted by atomic mass is 79.9. The van der Waals surface area contributed by atoms with Crippen molar-refractivity contribution in [3.63, 3.8) is 0 Å². The van der Waals surface area contributed by atoms with Crippen molar-refractivity contribution in [2.24, 2.45) is 7.05 Å². The van der Waals surface area contributed by atoms with Gasteiger partial charge in [0.2, 0.25) is 0 Å². The number of hydrogen-bond acceptors (Lipinski definition) is 1. The first-order chi connectivity index (χ1) is 7.16. The molecule has 2 rings (SSSR count). The number of rotatable bonds is 2. The number of aromatic nitrogens is 2. The van der Waals surface area contributed by atoms with Gasteiger partial charge in [0, 0.05) is 13.5 Å². The molecule has 0 amide bonds. The van der Waals surface area contributed by atoms with E-state index >= 15 is 0 Å². The molecule has 0 aliphatic carbocycles. The maximum atomic E-state index is 4.35. The Kier molecular flexibility index (Phi) is 2.91. The van der Waals surface area contributed by atoms with Crippen LogP contribution >= 0.6 is 15.9 Å². The molecule has 15 heavy (non-hydrogen) atoms. The molecule has 78 valence electrons. The summed E-state index contributed by atoms with van der Waals surface area (Å²) in [7, 11) is 1.98. The van der Waals surface area contributed by atoms with Gasteiger partial charge in [0.25, 0.3) is 0 Å². The molecule has 1 aromatic heterocycles. The van der Waals surface area contributed by atoms with Crippen LogP contribution in [0.4, 0.5) is 0 Å². The summed E-state index contributed by atoms with van der Waals surface area (Å²) in [6.07, 6.45) is 2.70. The minimum atomic E-state index is 0.877. The van der Waals surface area contributed by atoms with Crippen molar-refractivity contribution < 1.29 is 0 Å². The van der Waals surface area contributed by atoms with Crippen molar-refractivity contribution in [1.82, 2.24) is 9.55 Å². The smallest absolute Gasteiger partial charge is 0.108 e. The third-order valence-corrected chi connectivity index (χ3v) is 3.44. The zero-order chi connectivity index (χ0) is 10.8. The summed E-state index contributed by atoms with van der Waals surface area (Å²) in [5.41, 5.74) is 3.67. The van der Waals surface area contributed by atoms with Crippen LogP contribution in [0.5, 0.6) is 0 Å². The molecule has 0 saturated heterocycles. The van der Waals surface area contributed by atoms with Crippen molar-refractivity contribution in [2.45, 2.75) is 13.3 Å². The van der Waals surface area contributed by atoms with Crippen molar-refractivity contribution in [1.29, 1.82) is 0 Å². The van der Waals surface area contributed by atoms with Crippen LogP contribution in [0.15, 0.2) is 35.2 Å². The molecule has 0 bridgehead atoms. The van der Waals surface area contributed by atoms with Crippen molar-refractivity contribution in [2.75, 3.05) is 0 Å². The normalized spacial score (nSPS) is 10.6. The second kappa shape index (κ2) is 4.19. The number of hydrogen-bond donors (Lipinski definition) is 0. The molecule has 0 atom stereocenters. The fraction of sp³-hybridized carbons (Fsp3) is 0.250. The minimum absolute atomic E-state index is 0.877. The van der Waals surface area contributed by atoms with E-state index in [1.54, 1.807) is 0 Å². The molecule has 0 radical (unpaired) electrons. The molecular formula is C12H13BrN2. The van der Waals surface area contributed by atoms with Gasteiger partial charge in [-0.2, -0.15) is 0 Å². The van der Waals surface area contributed by atoms with Crippen molar-refractivity contribution in [3.05, 3.63) is 52.0 Å². The Bertz CT molecular complexity index is 457. The Hall–Kier alpha value is -1.09. The first-order valence-electron chi connectivity index (χ1n) is 4.88. The second-order valence-corrected chi connectivity index (χ2v) is 4.51. The van der Waals surface area contributed by atoms with Crippen LogP contribution in [0.25, 0.3) is 0 Å². The Morgan fingerprint density at radius 2 is 1.93 bits per heavy atom. The predicted molar refractivity (Wildman–Crippen MR) is 64.9 cm³/mol. The monoisotopic (exact) mass is 264 g/mol. The fourth-order valence-electron chi connectivity index (χ4n) is 1.48. The van der Waals surface area contributed by atoms with Crippen molar-refractivity contribution in [3.8, 4) is 0 Å². The lowest BCUT2D eigenvalue weighted by Gasteiger charge is -2.00. The number of imidazole rings is 1. The number of halogens is 1. The van der Waals surface area contributed by atoms with Crippen LogP contribution in [0, 0.1) is 6.92 Å². The van der Waals surface area contributed by atoms with Crippen LogP contribution < -0.4 is 0 Å². The summed E-state index contributed by atoms with van der Waals surface area (Å²) in [5, 5.41) is 0. The van der Waals surface area contributed by atoms with E-state index in [-0.39, 0.29) is 0 Å². The van der Waals surface area contributed by atoms with E-state index < -0.39 is 0 Å². The van der Waals surface area contributed by atoms with Gasteiger partial charge < -0.3 is 4.57 Å². The molecule has 0 unspecified atom stereocenters. The van der Waals surface area contributed by atoms with Crippen LogP contribution in [-0.2, 0) is 13.5 Å². The Morgan fingerprint density at radius 3 is 2.47 bits per heavy atom. The van der Waals surface area contributed by atoms with E-state index in [0.717, 1.165) is 16.7 Å². The topological polar surface area (TPSA) is 17.8 Å². The van der Waals surface area contributed by atoms with Crippen LogP contribution in [0.3, 0.4) is 0 Å². The zero-order valence-electron chi connectivity index (χ0n) is 8.87. The molecule has 3 heteroatoms. The molecule has 0 N–H and O–H groups in total. The van der Waals surface area contributed by atoms with Crippen LogP contribution in [0.2, 0.25) is 0 Å². The van der Waals surface area contributed by atoms with E-state index in [1.807, 2.05) is 17.9 Å². The van der Waals surface area contributed by atoms with E-state index in [9.17, 15) is 0 Å². The molecule has 0 aliphatic rings. The first kappa shape index (κ1) is 10.4. The summed E-state index contributed by atoms with van der Waals surface area (Å²) in [6, 6.07) is 8.56. The highest BCUT2D eigenvalue weighted by molar-refractivity contribution is 9.10. The number of nitrogens with zero attached hydrogens (tertiary/aromatic N) is 2. The lowest BCUT2D eigenvalue weighted by Crippen LogP contribution is -1.91. The first-order valence-corrected chi connectivity index (χ1v) is 5.67. The highest BCUT2D eigenvalue weighted by Crippen LogP contribution is 2.18. The molecule has 0 spiro atoms. The molecule has 1 heterocycles. The summed E-state index contributed by atoms with van der Waals surface area (Å²) in [5.74, 6) is 0. The summed E-state index contributed by atoms with van der Waals surface area (Å²) >= 11 is 3.52. The molecule has 2 aromatic rings. The van der Waals surface area contributed by atoms with Gasteiger partial charge in [-0.15, -0.1) is 0 Å². The Balaban J connectivity index is 2.22. The maximum Gasteiger partial charge on any atom is 0.108 e. The van der Waals surface area contributed by atoms with Gasteiger partial charge in [0.1, 0.15) is 4.60 Å². The second-order valence-electron chi connectivity index (χ2n) is 3.76. The highest BCUT2D eigenvalue weighted by Gasteiger charge is 2.05. The molecule has 1 aromatic carbocycles. The van der Waals surface area contributed by atoms with Gasteiger partial charge in [-0.3, -0.25) is 0 Å². The Morgan fingerprint density at radius 1 is 1.27 bits per heavy atom. The lowest BCUT2D eigenvalue weighted by molar-refractivity contribution is 0.887. The van der Waals surface area contributed by atoms with Gasteiger partial charge in [0.15, 0.2) is 0 Å². The van der Waals surface area contributed by atoms with Gasteiger partial charge in [-0.1, -0.05) is 29.8 Å². The predicted octanol–water partition coefficient (Wildman–Crippen LogP) is 3.08. The standard InChI is InChI=1S/C12H13BrN2/c1-9-3-5-10(6-4-9)7-11-12(13)15(2)8-14-11/h3-6,8H,7H2,1-2H3.